The van der Waals surface area contributed by atoms with Gasteiger partial charge in [0.1, 0.15) is 5.78 Å². The normalized spacial score (nSPS) is 22.6. The van der Waals surface area contributed by atoms with Crippen molar-refractivity contribution in [3.8, 4) is 0 Å². The van der Waals surface area contributed by atoms with E-state index in [1.54, 1.807) is 6.92 Å². The van der Waals surface area contributed by atoms with Gasteiger partial charge in [0.05, 0.1) is 0 Å². The molecule has 0 N–H and O–H groups in total. The molecule has 1 rings (SSSR count). The standard InChI is InChI=1S/C13H24O/c1-12(14)13-10-8-6-4-2-3-5-7-9-11-13/h13H,2-11H2,1H3. The fraction of sp³-hybridized carbons (Fsp3) is 0.923. The molecule has 0 aliphatic heterocycles. The highest BCUT2D eigenvalue weighted by Crippen LogP contribution is 2.21. The van der Waals surface area contributed by atoms with E-state index in [9.17, 15) is 4.79 Å². The monoisotopic (exact) mass is 196 g/mol. The van der Waals surface area contributed by atoms with Gasteiger partial charge in [0.15, 0.2) is 0 Å². The van der Waals surface area contributed by atoms with Crippen LogP contribution in [0.2, 0.25) is 0 Å². The topological polar surface area (TPSA) is 17.1 Å². The second-order valence-electron chi connectivity index (χ2n) is 4.71. The molecular weight excluding hydrogens is 172 g/mol. The van der Waals surface area contributed by atoms with Gasteiger partial charge < -0.3 is 0 Å². The molecule has 82 valence electrons. The highest BCUT2D eigenvalue weighted by Gasteiger charge is 2.13. The Hall–Kier alpha value is -0.330. The Morgan fingerprint density at radius 3 is 1.50 bits per heavy atom. The summed E-state index contributed by atoms with van der Waals surface area (Å²) in [6.45, 7) is 1.77. The molecule has 0 bridgehead atoms. The number of carbonyl (C=O) groups excluding carboxylic acids is 1. The Balaban J connectivity index is 2.31. The molecule has 0 atom stereocenters. The van der Waals surface area contributed by atoms with E-state index in [-0.39, 0.29) is 0 Å². The summed E-state index contributed by atoms with van der Waals surface area (Å²) in [4.78, 5) is 11.3. The number of hydrogen-bond acceptors (Lipinski definition) is 1. The van der Waals surface area contributed by atoms with E-state index in [0.717, 1.165) is 12.8 Å². The summed E-state index contributed by atoms with van der Waals surface area (Å²) in [6, 6.07) is 0. The van der Waals surface area contributed by atoms with Crippen molar-refractivity contribution in [2.45, 2.75) is 71.1 Å². The number of Topliss-reactive ketones (excluding diaryl/α,β-unsaturated/α-hetero) is 1. The first-order valence-electron chi connectivity index (χ1n) is 6.31. The maximum absolute atomic E-state index is 11.3. The van der Waals surface area contributed by atoms with Crippen molar-refractivity contribution >= 4 is 5.78 Å². The smallest absolute Gasteiger partial charge is 0.132 e. The van der Waals surface area contributed by atoms with E-state index in [2.05, 4.69) is 0 Å². The Labute approximate surface area is 88.3 Å². The molecule has 1 fully saturated rings. The Morgan fingerprint density at radius 2 is 1.14 bits per heavy atom. The van der Waals surface area contributed by atoms with Gasteiger partial charge in [-0.2, -0.15) is 0 Å². The lowest BCUT2D eigenvalue weighted by Crippen LogP contribution is -2.10. The Kier molecular flexibility index (Phi) is 5.89. The summed E-state index contributed by atoms with van der Waals surface area (Å²) < 4.78 is 0. The van der Waals surface area contributed by atoms with Crippen LogP contribution in [0.15, 0.2) is 0 Å². The lowest BCUT2D eigenvalue weighted by molar-refractivity contribution is -0.121. The van der Waals surface area contributed by atoms with Crippen LogP contribution in [0.25, 0.3) is 0 Å². The van der Waals surface area contributed by atoms with Gasteiger partial charge in [0.25, 0.3) is 0 Å². The largest absolute Gasteiger partial charge is 0.300 e. The minimum absolute atomic E-state index is 0.382. The van der Waals surface area contributed by atoms with Crippen LogP contribution < -0.4 is 0 Å². The molecule has 0 unspecified atom stereocenters. The van der Waals surface area contributed by atoms with E-state index in [1.807, 2.05) is 0 Å². The molecule has 0 saturated heterocycles. The fourth-order valence-electron chi connectivity index (χ4n) is 2.39. The van der Waals surface area contributed by atoms with Gasteiger partial charge in [0, 0.05) is 5.92 Å². The predicted molar refractivity (Wildman–Crippen MR) is 60.3 cm³/mol. The molecule has 1 aliphatic rings. The van der Waals surface area contributed by atoms with Crippen LogP contribution in [-0.2, 0) is 4.79 Å². The lowest BCUT2D eigenvalue weighted by Gasteiger charge is -2.12. The van der Waals surface area contributed by atoms with Gasteiger partial charge in [-0.3, -0.25) is 4.79 Å². The summed E-state index contributed by atoms with van der Waals surface area (Å²) in [6.07, 6.45) is 13.1. The fourth-order valence-corrected chi connectivity index (χ4v) is 2.39. The molecule has 0 heterocycles. The number of ketones is 1. The number of rotatable bonds is 1. The first kappa shape index (κ1) is 11.7. The molecule has 1 saturated carbocycles. The second kappa shape index (κ2) is 7.03. The summed E-state index contributed by atoms with van der Waals surface area (Å²) in [7, 11) is 0. The third-order valence-electron chi connectivity index (χ3n) is 3.43. The summed E-state index contributed by atoms with van der Waals surface area (Å²) in [5.74, 6) is 0.803. The van der Waals surface area contributed by atoms with Gasteiger partial charge in [-0.25, -0.2) is 0 Å². The van der Waals surface area contributed by atoms with Crippen molar-refractivity contribution in [2.24, 2.45) is 5.92 Å². The summed E-state index contributed by atoms with van der Waals surface area (Å²) in [5, 5.41) is 0. The van der Waals surface area contributed by atoms with Gasteiger partial charge in [0.2, 0.25) is 0 Å². The first-order valence-corrected chi connectivity index (χ1v) is 6.31. The van der Waals surface area contributed by atoms with Gasteiger partial charge in [-0.15, -0.1) is 0 Å². The van der Waals surface area contributed by atoms with Gasteiger partial charge >= 0.3 is 0 Å². The van der Waals surface area contributed by atoms with Crippen molar-refractivity contribution in [1.29, 1.82) is 0 Å². The van der Waals surface area contributed by atoms with Crippen LogP contribution in [0.3, 0.4) is 0 Å². The lowest BCUT2D eigenvalue weighted by atomic mass is 9.92. The highest BCUT2D eigenvalue weighted by atomic mass is 16.1. The molecule has 0 aromatic carbocycles. The van der Waals surface area contributed by atoms with Gasteiger partial charge in [-0.05, 0) is 19.8 Å². The maximum Gasteiger partial charge on any atom is 0.132 e. The van der Waals surface area contributed by atoms with Crippen molar-refractivity contribution in [3.63, 3.8) is 0 Å². The zero-order valence-corrected chi connectivity index (χ0v) is 9.56. The zero-order chi connectivity index (χ0) is 10.2. The third-order valence-corrected chi connectivity index (χ3v) is 3.43. The predicted octanol–water partition coefficient (Wildman–Crippen LogP) is 4.11. The van der Waals surface area contributed by atoms with Crippen LogP contribution >= 0.6 is 0 Å². The molecule has 0 aromatic heterocycles. The quantitative estimate of drug-likeness (QED) is 0.617. The number of carbonyl (C=O) groups is 1. The van der Waals surface area contributed by atoms with E-state index >= 15 is 0 Å². The molecule has 0 radical (unpaired) electrons. The van der Waals surface area contributed by atoms with Crippen molar-refractivity contribution < 1.29 is 4.79 Å². The minimum Gasteiger partial charge on any atom is -0.300 e. The Morgan fingerprint density at radius 1 is 0.786 bits per heavy atom. The van der Waals surface area contributed by atoms with Crippen LogP contribution in [0, 0.1) is 5.92 Å². The van der Waals surface area contributed by atoms with E-state index < -0.39 is 0 Å². The highest BCUT2D eigenvalue weighted by molar-refractivity contribution is 5.78. The van der Waals surface area contributed by atoms with Gasteiger partial charge in [-0.1, -0.05) is 51.4 Å². The molecule has 0 amide bonds. The molecule has 1 heteroatoms. The first-order chi connectivity index (χ1) is 6.80. The number of hydrogen-bond donors (Lipinski definition) is 0. The van der Waals surface area contributed by atoms with E-state index in [4.69, 9.17) is 0 Å². The van der Waals surface area contributed by atoms with Crippen LogP contribution in [-0.4, -0.2) is 5.78 Å². The zero-order valence-electron chi connectivity index (χ0n) is 9.56. The minimum atomic E-state index is 0.382. The van der Waals surface area contributed by atoms with Crippen molar-refractivity contribution in [3.05, 3.63) is 0 Å². The molecule has 14 heavy (non-hydrogen) atoms. The van der Waals surface area contributed by atoms with E-state index in [1.165, 1.54) is 51.4 Å². The summed E-state index contributed by atoms with van der Waals surface area (Å²) >= 11 is 0. The molecule has 0 aromatic rings. The summed E-state index contributed by atoms with van der Waals surface area (Å²) in [5.41, 5.74) is 0. The maximum atomic E-state index is 11.3. The average molecular weight is 196 g/mol. The van der Waals surface area contributed by atoms with Crippen molar-refractivity contribution in [1.82, 2.24) is 0 Å². The Bertz CT molecular complexity index is 151. The molecule has 1 aliphatic carbocycles. The van der Waals surface area contributed by atoms with E-state index in [0.29, 0.717) is 11.7 Å². The molecule has 1 nitrogen and oxygen atoms in total. The van der Waals surface area contributed by atoms with Crippen molar-refractivity contribution in [2.75, 3.05) is 0 Å². The average Bonchev–Trinajstić information content (AvgIpc) is 2.21. The molecule has 0 spiro atoms. The SMILES string of the molecule is CC(=O)C1CCCCCCCCCC1. The third kappa shape index (κ3) is 4.78. The second-order valence-corrected chi connectivity index (χ2v) is 4.71. The van der Waals surface area contributed by atoms with Crippen LogP contribution in [0.5, 0.6) is 0 Å². The van der Waals surface area contributed by atoms with Crippen LogP contribution in [0.1, 0.15) is 71.1 Å². The van der Waals surface area contributed by atoms with Crippen LogP contribution in [0.4, 0.5) is 0 Å². The molecular formula is C13H24O.